The minimum Gasteiger partial charge on any atom is -0.496 e. The van der Waals surface area contributed by atoms with Crippen molar-refractivity contribution >= 4 is 6.09 Å². The van der Waals surface area contributed by atoms with Crippen LogP contribution in [-0.2, 0) is 22.5 Å². The van der Waals surface area contributed by atoms with Crippen molar-refractivity contribution in [2.75, 3.05) is 26.7 Å². The number of cyclic esters (lactones) is 1. The minimum atomic E-state index is -5.03. The highest BCUT2D eigenvalue weighted by Crippen LogP contribution is 2.44. The molecule has 43 heavy (non-hydrogen) atoms. The smallest absolute Gasteiger partial charge is 0.416 e. The number of nitrogens with zero attached hydrogens (tertiary/aromatic N) is 1. The maximum Gasteiger partial charge on any atom is 0.416 e. The highest BCUT2D eigenvalue weighted by molar-refractivity contribution is 5.71. The number of amides is 1. The van der Waals surface area contributed by atoms with Crippen LogP contribution in [0.2, 0.25) is 0 Å². The molecular formula is C31H35F7N2O3. The van der Waals surface area contributed by atoms with Crippen molar-refractivity contribution in [1.29, 1.82) is 0 Å². The predicted octanol–water partition coefficient (Wildman–Crippen LogP) is 8.14. The van der Waals surface area contributed by atoms with E-state index in [-0.39, 0.29) is 29.9 Å². The first kappa shape index (κ1) is 32.6. The van der Waals surface area contributed by atoms with Crippen molar-refractivity contribution in [2.24, 2.45) is 0 Å². The standard InChI is InChI=1S/C31H35F7N2O3/c1-16(2)22-12-24(26(42-6)13-25(22)32)29(4,5)23-7-8-39-14-19(23)15-40-17(3)27(43-28(40)41)18-9-20(30(33,34)35)11-21(10-18)31(36,37)38/h9-13,16-17,27,39H,7-8,14-15H2,1-6H3/t17-,27-/m0/s1. The number of hydrogen-bond acceptors (Lipinski definition) is 4. The van der Waals surface area contributed by atoms with Crippen LogP contribution in [0.5, 0.6) is 5.75 Å². The van der Waals surface area contributed by atoms with Crippen LogP contribution in [-0.4, -0.2) is 43.8 Å². The van der Waals surface area contributed by atoms with Crippen LogP contribution in [0.25, 0.3) is 0 Å². The third kappa shape index (κ3) is 6.49. The molecule has 2 heterocycles. The molecule has 2 aromatic carbocycles. The van der Waals surface area contributed by atoms with E-state index in [0.717, 1.165) is 16.7 Å². The number of rotatable bonds is 7. The van der Waals surface area contributed by atoms with Gasteiger partial charge in [-0.2, -0.15) is 26.3 Å². The number of nitrogens with one attached hydrogen (secondary N) is 1. The Kier molecular flexibility index (Phi) is 8.85. The number of benzene rings is 2. The van der Waals surface area contributed by atoms with Gasteiger partial charge in [-0.3, -0.25) is 4.90 Å². The van der Waals surface area contributed by atoms with Crippen LogP contribution < -0.4 is 10.1 Å². The van der Waals surface area contributed by atoms with Crippen molar-refractivity contribution in [3.63, 3.8) is 0 Å². The summed E-state index contributed by atoms with van der Waals surface area (Å²) in [5.41, 5.74) is -0.945. The van der Waals surface area contributed by atoms with Gasteiger partial charge >= 0.3 is 18.4 Å². The van der Waals surface area contributed by atoms with E-state index in [1.165, 1.54) is 25.0 Å². The van der Waals surface area contributed by atoms with E-state index in [1.54, 1.807) is 6.07 Å². The zero-order valence-electron chi connectivity index (χ0n) is 24.8. The highest BCUT2D eigenvalue weighted by atomic mass is 19.4. The van der Waals surface area contributed by atoms with Crippen LogP contribution in [0.3, 0.4) is 0 Å². The Labute approximate surface area is 246 Å². The summed E-state index contributed by atoms with van der Waals surface area (Å²) in [7, 11) is 1.46. The number of methoxy groups -OCH3 is 1. The van der Waals surface area contributed by atoms with Crippen molar-refractivity contribution in [3.8, 4) is 5.75 Å². The Balaban J connectivity index is 1.72. The molecule has 0 bridgehead atoms. The summed E-state index contributed by atoms with van der Waals surface area (Å²) in [5.74, 6) is -0.0991. The van der Waals surface area contributed by atoms with Gasteiger partial charge < -0.3 is 14.8 Å². The van der Waals surface area contributed by atoms with Crippen LogP contribution >= 0.6 is 0 Å². The van der Waals surface area contributed by atoms with Crippen LogP contribution in [0.4, 0.5) is 35.5 Å². The van der Waals surface area contributed by atoms with E-state index in [2.05, 4.69) is 5.32 Å². The van der Waals surface area contributed by atoms with Crippen LogP contribution in [0, 0.1) is 5.82 Å². The number of halogens is 7. The number of hydrogen-bond donors (Lipinski definition) is 1. The molecule has 0 radical (unpaired) electrons. The fourth-order valence-corrected chi connectivity index (χ4v) is 5.98. The third-order valence-electron chi connectivity index (χ3n) is 8.38. The zero-order valence-corrected chi connectivity index (χ0v) is 24.8. The summed E-state index contributed by atoms with van der Waals surface area (Å²) in [6.45, 7) is 10.3. The average Bonchev–Trinajstić information content (AvgIpc) is 3.20. The second kappa shape index (κ2) is 11.7. The lowest BCUT2D eigenvalue weighted by Crippen LogP contribution is -2.40. The van der Waals surface area contributed by atoms with Gasteiger partial charge in [0.05, 0.1) is 24.3 Å². The lowest BCUT2D eigenvalue weighted by molar-refractivity contribution is -0.143. The fraction of sp³-hybridized carbons (Fsp3) is 0.516. The first-order valence-electron chi connectivity index (χ1n) is 13.9. The molecular weight excluding hydrogens is 581 g/mol. The monoisotopic (exact) mass is 616 g/mol. The Morgan fingerprint density at radius 3 is 2.16 bits per heavy atom. The molecule has 2 atom stereocenters. The molecule has 1 saturated heterocycles. The summed E-state index contributed by atoms with van der Waals surface area (Å²) < 4.78 is 107. The van der Waals surface area contributed by atoms with E-state index in [4.69, 9.17) is 9.47 Å². The normalized spacial score (nSPS) is 20.2. The molecule has 0 aliphatic carbocycles. The van der Waals surface area contributed by atoms with Gasteiger partial charge in [-0.25, -0.2) is 9.18 Å². The van der Waals surface area contributed by atoms with Gasteiger partial charge in [-0.1, -0.05) is 33.3 Å². The number of alkyl halides is 6. The Bertz CT molecular complexity index is 1380. The lowest BCUT2D eigenvalue weighted by atomic mass is 9.72. The summed E-state index contributed by atoms with van der Waals surface area (Å²) in [6, 6.07) is 3.52. The molecule has 2 aliphatic rings. The molecule has 2 aromatic rings. The molecule has 1 N–H and O–H groups in total. The molecule has 1 fully saturated rings. The fourth-order valence-electron chi connectivity index (χ4n) is 5.98. The van der Waals surface area contributed by atoms with Gasteiger partial charge in [0.25, 0.3) is 0 Å². The van der Waals surface area contributed by atoms with Crippen LogP contribution in [0.1, 0.15) is 80.9 Å². The number of ether oxygens (including phenoxy) is 2. The Morgan fingerprint density at radius 1 is 1.02 bits per heavy atom. The molecule has 0 unspecified atom stereocenters. The third-order valence-corrected chi connectivity index (χ3v) is 8.38. The van der Waals surface area contributed by atoms with Gasteiger partial charge in [-0.05, 0) is 66.8 Å². The molecule has 1 amide bonds. The largest absolute Gasteiger partial charge is 0.496 e. The van der Waals surface area contributed by atoms with E-state index in [1.807, 2.05) is 27.7 Å². The summed E-state index contributed by atoms with van der Waals surface area (Å²) >= 11 is 0. The molecule has 236 valence electrons. The molecule has 2 aliphatic heterocycles. The second-order valence-corrected chi connectivity index (χ2v) is 11.9. The SMILES string of the molecule is COc1cc(F)c(C(C)C)cc1C(C)(C)C1=C(CN2C(=O)O[C@H](c3cc(C(F)(F)F)cc(C(F)(F)F)c3)[C@@H]2C)CNCC1. The van der Waals surface area contributed by atoms with Crippen molar-refractivity contribution in [1.82, 2.24) is 10.2 Å². The quantitative estimate of drug-likeness (QED) is 0.252. The maximum atomic E-state index is 14.8. The summed E-state index contributed by atoms with van der Waals surface area (Å²) in [5, 5.41) is 3.27. The first-order chi connectivity index (χ1) is 19.9. The maximum absolute atomic E-state index is 14.8. The second-order valence-electron chi connectivity index (χ2n) is 11.9. The molecule has 0 spiro atoms. The van der Waals surface area contributed by atoms with E-state index >= 15 is 0 Å². The van der Waals surface area contributed by atoms with Crippen molar-refractivity contribution < 1.29 is 45.0 Å². The molecule has 4 rings (SSSR count). The Morgan fingerprint density at radius 2 is 1.63 bits per heavy atom. The van der Waals surface area contributed by atoms with E-state index in [9.17, 15) is 35.5 Å². The average molecular weight is 617 g/mol. The van der Waals surface area contributed by atoms with Crippen LogP contribution in [0.15, 0.2) is 41.5 Å². The number of carbonyl (C=O) groups excluding carboxylic acids is 1. The summed E-state index contributed by atoms with van der Waals surface area (Å²) in [6.07, 6.45) is -11.7. The molecule has 0 saturated carbocycles. The topological polar surface area (TPSA) is 50.8 Å². The first-order valence-corrected chi connectivity index (χ1v) is 13.9. The predicted molar refractivity (Wildman–Crippen MR) is 146 cm³/mol. The van der Waals surface area contributed by atoms with Crippen molar-refractivity contribution in [3.05, 3.63) is 75.1 Å². The summed E-state index contributed by atoms with van der Waals surface area (Å²) in [4.78, 5) is 14.4. The lowest BCUT2D eigenvalue weighted by Gasteiger charge is -2.37. The molecule has 5 nitrogen and oxygen atoms in total. The minimum absolute atomic E-state index is 0.0356. The highest BCUT2D eigenvalue weighted by Gasteiger charge is 2.44. The van der Waals surface area contributed by atoms with Gasteiger partial charge in [0.15, 0.2) is 0 Å². The van der Waals surface area contributed by atoms with Crippen molar-refractivity contribution in [2.45, 2.75) is 76.9 Å². The molecule has 12 heteroatoms. The van der Waals surface area contributed by atoms with E-state index in [0.29, 0.717) is 43.0 Å². The zero-order chi connectivity index (χ0) is 32.1. The van der Waals surface area contributed by atoms with Gasteiger partial charge in [0.1, 0.15) is 17.7 Å². The Hall–Kier alpha value is -3.28. The number of carbonyl (C=O) groups is 1. The van der Waals surface area contributed by atoms with E-state index < -0.39 is 47.1 Å². The molecule has 0 aromatic heterocycles. The van der Waals surface area contributed by atoms with Gasteiger partial charge in [0, 0.05) is 30.1 Å². The van der Waals surface area contributed by atoms with Gasteiger partial charge in [-0.15, -0.1) is 0 Å². The van der Waals surface area contributed by atoms with Gasteiger partial charge in [0.2, 0.25) is 0 Å².